The molecule has 0 aromatic carbocycles. The number of nitrogens with one attached hydrogen (secondary N) is 4. The standard InChI is InChI=1S/C41H50N4O5/c1-10-12-20(3)15-16-50-34(46)14-13-27-24(7)31-18-29-22(5)21(4)28(42-29)17-30-23(6)26(11-2)33(43-30)19-32-25(8)35-39(45-32)36(38(27)44-31)37(40(35)47)41(48)49-9/h15,17-19,24,27,37,42-45H,10-14,16H2,1-9H3/b20-15-,30-17-,31-18-,33-19-,38-36-/t24-,27-,37+/m0/s1. The number of ether oxygens (including phenoxy) is 2. The quantitative estimate of drug-likeness (QED) is 0.123. The highest BCUT2D eigenvalue weighted by atomic mass is 16.5. The normalized spacial score (nSPS) is 23.5. The van der Waals surface area contributed by atoms with Crippen molar-refractivity contribution in [2.24, 2.45) is 17.8 Å². The zero-order valence-corrected chi connectivity index (χ0v) is 30.8. The van der Waals surface area contributed by atoms with Crippen LogP contribution in [0, 0.1) is 45.4 Å². The number of allylic oxidation sites excluding steroid dienone is 3. The molecular formula is C41H50N4O5. The molecule has 6 rings (SSSR count). The number of carbonyl (C=O) groups excluding carboxylic acids is 3. The van der Waals surface area contributed by atoms with Gasteiger partial charge in [0.05, 0.1) is 12.8 Å². The number of hydrogen-bond donors (Lipinski definition) is 4. The van der Waals surface area contributed by atoms with Crippen molar-refractivity contribution in [3.63, 3.8) is 0 Å². The van der Waals surface area contributed by atoms with Crippen molar-refractivity contribution in [1.82, 2.24) is 20.3 Å². The molecule has 0 unspecified atom stereocenters. The number of fused-ring (bicyclic) bond motifs is 7. The van der Waals surface area contributed by atoms with Crippen LogP contribution in [0.4, 0.5) is 0 Å². The van der Waals surface area contributed by atoms with E-state index in [1.54, 1.807) is 0 Å². The van der Waals surface area contributed by atoms with Crippen LogP contribution in [0.2, 0.25) is 0 Å². The molecule has 1 fully saturated rings. The van der Waals surface area contributed by atoms with E-state index in [0.29, 0.717) is 23.3 Å². The zero-order valence-electron chi connectivity index (χ0n) is 30.8. The second-order valence-corrected chi connectivity index (χ2v) is 14.1. The molecule has 264 valence electrons. The maximum absolute atomic E-state index is 14.2. The maximum atomic E-state index is 14.2. The largest absolute Gasteiger partial charge is 0.468 e. The Kier molecular flexibility index (Phi) is 9.71. The molecule has 3 aromatic heterocycles. The summed E-state index contributed by atoms with van der Waals surface area (Å²) in [5.74, 6) is -2.53. The first-order valence-electron chi connectivity index (χ1n) is 17.9. The lowest BCUT2D eigenvalue weighted by molar-refractivity contribution is -0.143. The molecule has 3 aromatic rings. The van der Waals surface area contributed by atoms with E-state index in [1.165, 1.54) is 23.8 Å². The van der Waals surface area contributed by atoms with Crippen LogP contribution in [-0.2, 0) is 25.5 Å². The Balaban J connectivity index is 1.55. The van der Waals surface area contributed by atoms with Gasteiger partial charge in [0, 0.05) is 68.6 Å². The van der Waals surface area contributed by atoms with Gasteiger partial charge in [0.15, 0.2) is 5.78 Å². The first-order valence-corrected chi connectivity index (χ1v) is 17.9. The Bertz CT molecular complexity index is 2110. The van der Waals surface area contributed by atoms with Gasteiger partial charge in [-0.1, -0.05) is 32.8 Å². The van der Waals surface area contributed by atoms with Crippen molar-refractivity contribution in [3.05, 3.63) is 89.9 Å². The van der Waals surface area contributed by atoms with Crippen LogP contribution >= 0.6 is 0 Å². The molecule has 9 heteroatoms. The zero-order chi connectivity index (χ0) is 36.0. The van der Waals surface area contributed by atoms with Gasteiger partial charge in [-0.05, 0) is 106 Å². The molecule has 0 saturated carbocycles. The van der Waals surface area contributed by atoms with E-state index in [4.69, 9.17) is 9.47 Å². The summed E-state index contributed by atoms with van der Waals surface area (Å²) in [6, 6.07) is 0. The van der Waals surface area contributed by atoms with Crippen LogP contribution in [0.15, 0.2) is 23.0 Å². The van der Waals surface area contributed by atoms with Crippen molar-refractivity contribution in [3.8, 4) is 0 Å². The van der Waals surface area contributed by atoms with Crippen molar-refractivity contribution in [2.75, 3.05) is 13.7 Å². The lowest BCUT2D eigenvalue weighted by Gasteiger charge is -2.19. The van der Waals surface area contributed by atoms with E-state index in [-0.39, 0.29) is 36.6 Å². The number of carbonyl (C=O) groups is 3. The van der Waals surface area contributed by atoms with Crippen LogP contribution in [0.25, 0.3) is 23.8 Å². The molecule has 3 aliphatic rings. The van der Waals surface area contributed by atoms with Gasteiger partial charge in [-0.2, -0.15) is 0 Å². The highest BCUT2D eigenvalue weighted by Gasteiger charge is 2.48. The van der Waals surface area contributed by atoms with E-state index < -0.39 is 11.9 Å². The third kappa shape index (κ3) is 6.01. The average Bonchev–Trinajstić information content (AvgIpc) is 3.82. The van der Waals surface area contributed by atoms with Crippen molar-refractivity contribution in [2.45, 2.75) is 87.5 Å². The smallest absolute Gasteiger partial charge is 0.321 e. The molecule has 0 spiro atoms. The van der Waals surface area contributed by atoms with Gasteiger partial charge in [-0.15, -0.1) is 0 Å². The number of aromatic nitrogens is 3. The summed E-state index contributed by atoms with van der Waals surface area (Å²) in [6.07, 6.45) is 11.9. The van der Waals surface area contributed by atoms with Gasteiger partial charge in [0.1, 0.15) is 12.5 Å². The van der Waals surface area contributed by atoms with Gasteiger partial charge in [-0.3, -0.25) is 14.4 Å². The van der Waals surface area contributed by atoms with Gasteiger partial charge in [0.25, 0.3) is 0 Å². The Morgan fingerprint density at radius 1 is 0.880 bits per heavy atom. The SMILES string of the molecule is CCC/C(C)=C\COC(=O)CC[C@@H]1/C2=C3/c4[nH]c(c(C)c4C(=O)[C@@H]3C(=O)OC)/C=c3\[nH]/c(c(C)c3CC)=C\c3[nH]c(c(C)c3C)/C=C(\N2)[C@H]1C. The number of methoxy groups -OCH3 is 1. The fourth-order valence-electron chi connectivity index (χ4n) is 7.97. The van der Waals surface area contributed by atoms with Crippen LogP contribution in [-0.4, -0.2) is 46.4 Å². The summed E-state index contributed by atoms with van der Waals surface area (Å²) < 4.78 is 10.8. The van der Waals surface area contributed by atoms with E-state index >= 15 is 0 Å². The molecule has 50 heavy (non-hydrogen) atoms. The maximum Gasteiger partial charge on any atom is 0.321 e. The highest BCUT2D eigenvalue weighted by molar-refractivity contribution is 6.24. The monoisotopic (exact) mass is 678 g/mol. The highest BCUT2D eigenvalue weighted by Crippen LogP contribution is 2.48. The molecular weight excluding hydrogens is 628 g/mol. The third-order valence-electron chi connectivity index (χ3n) is 11.1. The van der Waals surface area contributed by atoms with Crippen molar-refractivity contribution >= 4 is 41.5 Å². The Morgan fingerprint density at radius 3 is 2.24 bits per heavy atom. The van der Waals surface area contributed by atoms with E-state index in [9.17, 15) is 14.4 Å². The molecule has 3 atom stereocenters. The first kappa shape index (κ1) is 35.1. The lowest BCUT2D eigenvalue weighted by Crippen LogP contribution is -2.25. The van der Waals surface area contributed by atoms with E-state index in [2.05, 4.69) is 80.0 Å². The number of esters is 2. The molecule has 1 saturated heterocycles. The van der Waals surface area contributed by atoms with Gasteiger partial charge in [-0.25, -0.2) is 0 Å². The molecule has 2 aliphatic heterocycles. The van der Waals surface area contributed by atoms with Gasteiger partial charge in [0.2, 0.25) is 0 Å². The fraction of sp³-hybridized carbons (Fsp3) is 0.439. The summed E-state index contributed by atoms with van der Waals surface area (Å²) in [5, 5.41) is 5.68. The second kappa shape index (κ2) is 13.8. The number of rotatable bonds is 9. The summed E-state index contributed by atoms with van der Waals surface area (Å²) in [6.45, 7) is 17.0. The number of aromatic amines is 3. The number of ketones is 1. The molecule has 9 nitrogen and oxygen atoms in total. The van der Waals surface area contributed by atoms with Crippen LogP contribution in [0.1, 0.15) is 114 Å². The number of hydrogen-bond acceptors (Lipinski definition) is 6. The Hall–Kier alpha value is -4.79. The fourth-order valence-corrected chi connectivity index (χ4v) is 7.97. The molecule has 0 amide bonds. The minimum absolute atomic E-state index is 0.0532. The van der Waals surface area contributed by atoms with E-state index in [0.717, 1.165) is 75.1 Å². The van der Waals surface area contributed by atoms with Crippen LogP contribution in [0.5, 0.6) is 0 Å². The van der Waals surface area contributed by atoms with Gasteiger partial charge < -0.3 is 29.7 Å². The Morgan fingerprint density at radius 2 is 1.56 bits per heavy atom. The first-order chi connectivity index (χ1) is 23.9. The summed E-state index contributed by atoms with van der Waals surface area (Å²) in [4.78, 5) is 51.6. The summed E-state index contributed by atoms with van der Waals surface area (Å²) >= 11 is 0. The molecule has 1 aliphatic carbocycles. The molecule has 8 bridgehead atoms. The topological polar surface area (TPSA) is 129 Å². The second-order valence-electron chi connectivity index (χ2n) is 14.1. The van der Waals surface area contributed by atoms with Crippen LogP contribution in [0.3, 0.4) is 0 Å². The molecule has 4 N–H and O–H groups in total. The predicted octanol–water partition coefficient (Wildman–Crippen LogP) is 6.10. The van der Waals surface area contributed by atoms with Crippen LogP contribution < -0.4 is 16.0 Å². The molecule has 0 radical (unpaired) electrons. The third-order valence-corrected chi connectivity index (χ3v) is 11.1. The van der Waals surface area contributed by atoms with Gasteiger partial charge >= 0.3 is 11.9 Å². The van der Waals surface area contributed by atoms with E-state index in [1.807, 2.05) is 19.9 Å². The minimum Gasteiger partial charge on any atom is -0.468 e. The summed E-state index contributed by atoms with van der Waals surface area (Å²) in [5.41, 5.74) is 12.9. The predicted molar refractivity (Wildman–Crippen MR) is 196 cm³/mol. The minimum atomic E-state index is -1.12. The van der Waals surface area contributed by atoms with Crippen molar-refractivity contribution in [1.29, 1.82) is 0 Å². The average molecular weight is 679 g/mol. The van der Waals surface area contributed by atoms with Crippen molar-refractivity contribution < 1.29 is 23.9 Å². The number of Topliss-reactive ketones (excluding diaryl/α,β-unsaturated/α-hetero) is 1. The Labute approximate surface area is 294 Å². The lowest BCUT2D eigenvalue weighted by atomic mass is 9.85. The number of H-pyrrole nitrogens is 3. The summed E-state index contributed by atoms with van der Waals surface area (Å²) in [7, 11) is 1.32. The molecule has 5 heterocycles.